The summed E-state index contributed by atoms with van der Waals surface area (Å²) in [7, 11) is 1.71. The maximum absolute atomic E-state index is 5.51. The van der Waals surface area contributed by atoms with Gasteiger partial charge in [-0.05, 0) is 19.9 Å². The van der Waals surface area contributed by atoms with Crippen molar-refractivity contribution in [2.24, 2.45) is 0 Å². The first kappa shape index (κ1) is 13.1. The zero-order valence-electron chi connectivity index (χ0n) is 10.3. The van der Waals surface area contributed by atoms with Gasteiger partial charge >= 0.3 is 0 Å². The number of nitrogens with zero attached hydrogens (tertiary/aromatic N) is 2. The third kappa shape index (κ3) is 4.72. The Hall–Kier alpha value is -0.940. The van der Waals surface area contributed by atoms with Gasteiger partial charge in [0.1, 0.15) is 0 Å². The molecule has 1 N–H and O–H groups in total. The third-order valence-electron chi connectivity index (χ3n) is 2.44. The molecule has 5 heteroatoms. The Bertz CT molecular complexity index is 289. The number of nitrogens with one attached hydrogen (secondary N) is 1. The Balaban J connectivity index is 2.28. The molecule has 92 valence electrons. The highest BCUT2D eigenvalue weighted by atomic mass is 16.5. The maximum atomic E-state index is 5.51. The summed E-state index contributed by atoms with van der Waals surface area (Å²) in [6, 6.07) is 0. The van der Waals surface area contributed by atoms with Crippen LogP contribution in [0.1, 0.15) is 32.0 Å². The second-order valence-electron chi connectivity index (χ2n) is 3.78. The van der Waals surface area contributed by atoms with E-state index >= 15 is 0 Å². The molecule has 0 aliphatic carbocycles. The molecule has 1 heterocycles. The highest BCUT2D eigenvalue weighted by Gasteiger charge is 2.07. The lowest BCUT2D eigenvalue weighted by atomic mass is 10.2. The van der Waals surface area contributed by atoms with Gasteiger partial charge in [0.05, 0.1) is 6.10 Å². The van der Waals surface area contributed by atoms with E-state index in [4.69, 9.17) is 9.15 Å². The van der Waals surface area contributed by atoms with Gasteiger partial charge in [-0.2, -0.15) is 0 Å². The molecular weight excluding hydrogens is 206 g/mol. The first-order chi connectivity index (χ1) is 7.76. The van der Waals surface area contributed by atoms with E-state index < -0.39 is 0 Å². The van der Waals surface area contributed by atoms with E-state index in [1.807, 2.05) is 6.92 Å². The lowest BCUT2D eigenvalue weighted by molar-refractivity contribution is 0.109. The maximum Gasteiger partial charge on any atom is 0.217 e. The van der Waals surface area contributed by atoms with E-state index in [9.17, 15) is 0 Å². The van der Waals surface area contributed by atoms with Crippen LogP contribution in [0.4, 0.5) is 0 Å². The normalized spacial score (nSPS) is 12.9. The Morgan fingerprint density at radius 1 is 1.31 bits per heavy atom. The van der Waals surface area contributed by atoms with Crippen molar-refractivity contribution in [3.63, 3.8) is 0 Å². The van der Waals surface area contributed by atoms with E-state index in [1.54, 1.807) is 7.11 Å². The van der Waals surface area contributed by atoms with Crippen LogP contribution < -0.4 is 5.32 Å². The zero-order chi connectivity index (χ0) is 11.8. The predicted octanol–water partition coefficient (Wildman–Crippen LogP) is 1.19. The predicted molar refractivity (Wildman–Crippen MR) is 61.3 cm³/mol. The molecule has 1 atom stereocenters. The van der Waals surface area contributed by atoms with Crippen LogP contribution in [0.3, 0.4) is 0 Å². The van der Waals surface area contributed by atoms with Crippen LogP contribution in [0, 0.1) is 0 Å². The van der Waals surface area contributed by atoms with Crippen LogP contribution in [0.25, 0.3) is 0 Å². The van der Waals surface area contributed by atoms with Crippen LogP contribution in [-0.2, 0) is 17.6 Å². The summed E-state index contributed by atoms with van der Waals surface area (Å²) in [6.07, 6.45) is 2.71. The van der Waals surface area contributed by atoms with Crippen LogP contribution in [0.5, 0.6) is 0 Å². The molecule has 0 radical (unpaired) electrons. The van der Waals surface area contributed by atoms with E-state index in [2.05, 4.69) is 22.4 Å². The van der Waals surface area contributed by atoms with Crippen molar-refractivity contribution in [2.75, 3.05) is 20.2 Å². The standard InChI is InChI=1S/C11H21N3O2/c1-4-12-8-7-11-14-13-10(16-11)6-5-9(2)15-3/h9,12H,4-8H2,1-3H3. The molecule has 0 saturated carbocycles. The first-order valence-corrected chi connectivity index (χ1v) is 5.81. The number of hydrogen-bond acceptors (Lipinski definition) is 5. The van der Waals surface area contributed by atoms with E-state index in [0.29, 0.717) is 11.8 Å². The highest BCUT2D eigenvalue weighted by Crippen LogP contribution is 2.06. The number of aromatic nitrogens is 2. The van der Waals surface area contributed by atoms with Gasteiger partial charge < -0.3 is 14.5 Å². The fourth-order valence-corrected chi connectivity index (χ4v) is 1.31. The topological polar surface area (TPSA) is 60.2 Å². The third-order valence-corrected chi connectivity index (χ3v) is 2.44. The van der Waals surface area contributed by atoms with E-state index in [0.717, 1.165) is 32.4 Å². The minimum atomic E-state index is 0.233. The molecule has 1 aromatic rings. The lowest BCUT2D eigenvalue weighted by Gasteiger charge is -2.05. The molecule has 0 spiro atoms. The largest absolute Gasteiger partial charge is 0.425 e. The summed E-state index contributed by atoms with van der Waals surface area (Å²) in [6.45, 7) is 5.95. The van der Waals surface area contributed by atoms with Gasteiger partial charge in [0.25, 0.3) is 0 Å². The second-order valence-corrected chi connectivity index (χ2v) is 3.78. The summed E-state index contributed by atoms with van der Waals surface area (Å²) in [5.41, 5.74) is 0. The van der Waals surface area contributed by atoms with E-state index in [-0.39, 0.29) is 6.10 Å². The van der Waals surface area contributed by atoms with Crippen molar-refractivity contribution in [2.45, 2.75) is 39.2 Å². The van der Waals surface area contributed by atoms with Gasteiger partial charge in [0.15, 0.2) is 0 Å². The Morgan fingerprint density at radius 2 is 2.00 bits per heavy atom. The summed E-state index contributed by atoms with van der Waals surface area (Å²) in [5, 5.41) is 11.2. The summed E-state index contributed by atoms with van der Waals surface area (Å²) in [4.78, 5) is 0. The monoisotopic (exact) mass is 227 g/mol. The highest BCUT2D eigenvalue weighted by molar-refractivity contribution is 4.83. The van der Waals surface area contributed by atoms with Gasteiger partial charge in [-0.25, -0.2) is 0 Å². The van der Waals surface area contributed by atoms with Crippen molar-refractivity contribution in [3.05, 3.63) is 11.8 Å². The van der Waals surface area contributed by atoms with Crippen molar-refractivity contribution >= 4 is 0 Å². The van der Waals surface area contributed by atoms with Crippen molar-refractivity contribution in [1.82, 2.24) is 15.5 Å². The minimum Gasteiger partial charge on any atom is -0.425 e. The van der Waals surface area contributed by atoms with Crippen LogP contribution in [-0.4, -0.2) is 36.5 Å². The average molecular weight is 227 g/mol. The van der Waals surface area contributed by atoms with Crippen molar-refractivity contribution in [3.8, 4) is 0 Å². The van der Waals surface area contributed by atoms with Crippen molar-refractivity contribution < 1.29 is 9.15 Å². The fraction of sp³-hybridized carbons (Fsp3) is 0.818. The summed E-state index contributed by atoms with van der Waals surface area (Å²) < 4.78 is 10.7. The summed E-state index contributed by atoms with van der Waals surface area (Å²) in [5.74, 6) is 1.41. The lowest BCUT2D eigenvalue weighted by Crippen LogP contribution is -2.16. The molecule has 1 unspecified atom stereocenters. The van der Waals surface area contributed by atoms with Crippen LogP contribution in [0.15, 0.2) is 4.42 Å². The summed E-state index contributed by atoms with van der Waals surface area (Å²) >= 11 is 0. The molecular formula is C11H21N3O2. The number of methoxy groups -OCH3 is 1. The molecule has 0 bridgehead atoms. The van der Waals surface area contributed by atoms with Crippen molar-refractivity contribution in [1.29, 1.82) is 0 Å². The molecule has 0 saturated heterocycles. The van der Waals surface area contributed by atoms with Gasteiger partial charge in [-0.3, -0.25) is 0 Å². The van der Waals surface area contributed by atoms with Gasteiger partial charge in [0, 0.05) is 26.5 Å². The number of aryl methyl sites for hydroxylation is 1. The van der Waals surface area contributed by atoms with Gasteiger partial charge in [-0.1, -0.05) is 6.92 Å². The number of rotatable bonds is 8. The SMILES string of the molecule is CCNCCc1nnc(CCC(C)OC)o1. The Kier molecular flexibility index (Phi) is 6.03. The van der Waals surface area contributed by atoms with E-state index in [1.165, 1.54) is 0 Å². The molecule has 5 nitrogen and oxygen atoms in total. The minimum absolute atomic E-state index is 0.233. The fourth-order valence-electron chi connectivity index (χ4n) is 1.31. The molecule has 1 aromatic heterocycles. The average Bonchev–Trinajstić information content (AvgIpc) is 2.74. The number of ether oxygens (including phenoxy) is 1. The van der Waals surface area contributed by atoms with Crippen LogP contribution in [0.2, 0.25) is 0 Å². The van der Waals surface area contributed by atoms with Gasteiger partial charge in [0.2, 0.25) is 11.8 Å². The smallest absolute Gasteiger partial charge is 0.217 e. The Morgan fingerprint density at radius 3 is 2.62 bits per heavy atom. The van der Waals surface area contributed by atoms with Crippen LogP contribution >= 0.6 is 0 Å². The molecule has 0 aromatic carbocycles. The van der Waals surface area contributed by atoms with Gasteiger partial charge in [-0.15, -0.1) is 10.2 Å². The zero-order valence-corrected chi connectivity index (χ0v) is 10.3. The molecule has 0 amide bonds. The molecule has 0 fully saturated rings. The first-order valence-electron chi connectivity index (χ1n) is 5.81. The second kappa shape index (κ2) is 7.35. The number of hydrogen-bond donors (Lipinski definition) is 1. The molecule has 0 aliphatic rings. The Labute approximate surface area is 96.6 Å². The quantitative estimate of drug-likeness (QED) is 0.676. The molecule has 0 aliphatic heterocycles. The molecule has 16 heavy (non-hydrogen) atoms. The number of likely N-dealkylation sites (N-methyl/N-ethyl adjacent to an activating group) is 1. The molecule has 1 rings (SSSR count).